The second kappa shape index (κ2) is 14.3. The standard InChI is InChI=1S/C36H40ClN3O4S/c1-26-16-19-31(20-17-26)45(43,44)40(32-21-18-30(37)22-27(32)2)25-34(41)39(24-29-14-10-7-11-15-29)33(35(42)38-36(3,4)5)23-28-12-8-6-9-13-28/h6-22,33H,23-25H2,1-5H3,(H,38,42)/t33-/m0/s1. The third-order valence-electron chi connectivity index (χ3n) is 7.28. The molecule has 4 rings (SSSR count). The lowest BCUT2D eigenvalue weighted by Crippen LogP contribution is -2.56. The molecule has 4 aromatic carbocycles. The van der Waals surface area contributed by atoms with Crippen molar-refractivity contribution < 1.29 is 18.0 Å². The average molecular weight is 646 g/mol. The van der Waals surface area contributed by atoms with Gasteiger partial charge in [0.05, 0.1) is 10.6 Å². The Kier molecular flexibility index (Phi) is 10.7. The quantitative estimate of drug-likeness (QED) is 0.197. The number of carbonyl (C=O) groups excluding carboxylic acids is 2. The van der Waals surface area contributed by atoms with Crippen LogP contribution >= 0.6 is 11.6 Å². The first-order chi connectivity index (χ1) is 21.2. The van der Waals surface area contributed by atoms with Gasteiger partial charge in [-0.25, -0.2) is 8.42 Å². The van der Waals surface area contributed by atoms with Crippen molar-refractivity contribution in [2.45, 2.75) is 64.1 Å². The summed E-state index contributed by atoms with van der Waals surface area (Å²) >= 11 is 6.24. The van der Waals surface area contributed by atoms with E-state index in [0.29, 0.717) is 16.3 Å². The fraction of sp³-hybridized carbons (Fsp3) is 0.278. The molecular formula is C36H40ClN3O4S. The second-order valence-corrected chi connectivity index (χ2v) is 14.5. The Morgan fingerprint density at radius 2 is 1.40 bits per heavy atom. The number of rotatable bonds is 11. The van der Waals surface area contributed by atoms with Gasteiger partial charge in [0.2, 0.25) is 11.8 Å². The molecule has 1 N–H and O–H groups in total. The van der Waals surface area contributed by atoms with E-state index in [1.54, 1.807) is 37.3 Å². The minimum atomic E-state index is -4.20. The molecule has 9 heteroatoms. The second-order valence-electron chi connectivity index (χ2n) is 12.2. The van der Waals surface area contributed by atoms with Crippen molar-refractivity contribution in [1.29, 1.82) is 0 Å². The van der Waals surface area contributed by atoms with Crippen molar-refractivity contribution in [1.82, 2.24) is 10.2 Å². The van der Waals surface area contributed by atoms with E-state index in [4.69, 9.17) is 11.6 Å². The normalized spacial score (nSPS) is 12.3. The summed E-state index contributed by atoms with van der Waals surface area (Å²) in [6.45, 7) is 8.84. The van der Waals surface area contributed by atoms with Crippen LogP contribution in [0.4, 0.5) is 5.69 Å². The number of nitrogens with zero attached hydrogens (tertiary/aromatic N) is 2. The Morgan fingerprint density at radius 3 is 1.96 bits per heavy atom. The first-order valence-corrected chi connectivity index (χ1v) is 16.6. The first-order valence-electron chi connectivity index (χ1n) is 14.8. The zero-order valence-electron chi connectivity index (χ0n) is 26.3. The zero-order chi connectivity index (χ0) is 32.8. The van der Waals surface area contributed by atoms with Gasteiger partial charge in [-0.1, -0.05) is 90.0 Å². The fourth-order valence-electron chi connectivity index (χ4n) is 5.04. The number of aryl methyl sites for hydroxylation is 2. The predicted octanol–water partition coefficient (Wildman–Crippen LogP) is 6.71. The van der Waals surface area contributed by atoms with Crippen LogP contribution in [-0.2, 0) is 32.6 Å². The molecule has 4 aromatic rings. The zero-order valence-corrected chi connectivity index (χ0v) is 27.9. The number of carbonyl (C=O) groups is 2. The molecule has 0 radical (unpaired) electrons. The molecule has 1 atom stereocenters. The van der Waals surface area contributed by atoms with E-state index in [0.717, 1.165) is 21.0 Å². The summed E-state index contributed by atoms with van der Waals surface area (Å²) < 4.78 is 29.6. The molecule has 0 saturated carbocycles. The predicted molar refractivity (Wildman–Crippen MR) is 181 cm³/mol. The Balaban J connectivity index is 1.83. The largest absolute Gasteiger partial charge is 0.350 e. The van der Waals surface area contributed by atoms with Crippen molar-refractivity contribution in [3.8, 4) is 0 Å². The van der Waals surface area contributed by atoms with Crippen LogP contribution in [0.15, 0.2) is 108 Å². The third kappa shape index (κ3) is 8.96. The molecule has 45 heavy (non-hydrogen) atoms. The number of benzene rings is 4. The molecule has 0 aliphatic carbocycles. The van der Waals surface area contributed by atoms with E-state index in [2.05, 4.69) is 5.32 Å². The smallest absolute Gasteiger partial charge is 0.264 e. The van der Waals surface area contributed by atoms with Gasteiger partial charge in [-0.2, -0.15) is 0 Å². The number of anilines is 1. The van der Waals surface area contributed by atoms with E-state index < -0.39 is 34.1 Å². The van der Waals surface area contributed by atoms with Crippen molar-refractivity contribution >= 4 is 39.1 Å². The molecule has 0 fully saturated rings. The van der Waals surface area contributed by atoms with Crippen LogP contribution in [0.3, 0.4) is 0 Å². The lowest BCUT2D eigenvalue weighted by Gasteiger charge is -2.35. The minimum Gasteiger partial charge on any atom is -0.350 e. The highest BCUT2D eigenvalue weighted by atomic mass is 35.5. The molecular weight excluding hydrogens is 606 g/mol. The summed E-state index contributed by atoms with van der Waals surface area (Å²) in [5.41, 5.74) is 2.94. The molecule has 0 heterocycles. The number of amides is 2. The van der Waals surface area contributed by atoms with Crippen LogP contribution in [-0.4, -0.2) is 43.3 Å². The maximum absolute atomic E-state index is 14.6. The highest BCUT2D eigenvalue weighted by molar-refractivity contribution is 7.92. The molecule has 0 unspecified atom stereocenters. The van der Waals surface area contributed by atoms with E-state index in [-0.39, 0.29) is 23.8 Å². The van der Waals surface area contributed by atoms with Crippen LogP contribution in [0.1, 0.15) is 43.0 Å². The summed E-state index contributed by atoms with van der Waals surface area (Å²) in [5, 5.41) is 3.49. The van der Waals surface area contributed by atoms with Gasteiger partial charge in [-0.05, 0) is 81.6 Å². The van der Waals surface area contributed by atoms with E-state index in [1.165, 1.54) is 17.0 Å². The summed E-state index contributed by atoms with van der Waals surface area (Å²) in [5.74, 6) is -0.847. The van der Waals surface area contributed by atoms with Gasteiger partial charge in [-0.15, -0.1) is 0 Å². The SMILES string of the molecule is Cc1ccc(S(=O)(=O)N(CC(=O)N(Cc2ccccc2)[C@@H](Cc2ccccc2)C(=O)NC(C)(C)C)c2ccc(Cl)cc2C)cc1. The Hall–Kier alpha value is -4.14. The lowest BCUT2D eigenvalue weighted by atomic mass is 10.0. The van der Waals surface area contributed by atoms with Gasteiger partial charge in [-0.3, -0.25) is 13.9 Å². The number of hydrogen-bond acceptors (Lipinski definition) is 4. The van der Waals surface area contributed by atoms with Crippen molar-refractivity contribution in [3.63, 3.8) is 0 Å². The van der Waals surface area contributed by atoms with Gasteiger partial charge in [0, 0.05) is 23.5 Å². The number of hydrogen-bond donors (Lipinski definition) is 1. The highest BCUT2D eigenvalue weighted by Gasteiger charge is 2.36. The van der Waals surface area contributed by atoms with Crippen LogP contribution in [0, 0.1) is 13.8 Å². The molecule has 0 aliphatic rings. The Bertz CT molecular complexity index is 1720. The minimum absolute atomic E-state index is 0.0520. The van der Waals surface area contributed by atoms with E-state index in [1.807, 2.05) is 88.4 Å². The molecule has 0 aliphatic heterocycles. The van der Waals surface area contributed by atoms with Crippen molar-refractivity contribution in [3.05, 3.63) is 130 Å². The average Bonchev–Trinajstić information content (AvgIpc) is 2.98. The molecule has 0 aromatic heterocycles. The summed E-state index contributed by atoms with van der Waals surface area (Å²) in [6, 6.07) is 29.3. The van der Waals surface area contributed by atoms with Gasteiger partial charge < -0.3 is 10.2 Å². The van der Waals surface area contributed by atoms with Crippen molar-refractivity contribution in [2.75, 3.05) is 10.8 Å². The number of sulfonamides is 1. The van der Waals surface area contributed by atoms with Crippen molar-refractivity contribution in [2.24, 2.45) is 0 Å². The first kappa shape index (κ1) is 33.7. The maximum Gasteiger partial charge on any atom is 0.264 e. The molecule has 7 nitrogen and oxygen atoms in total. The Morgan fingerprint density at radius 1 is 0.822 bits per heavy atom. The third-order valence-corrected chi connectivity index (χ3v) is 9.29. The molecule has 0 bridgehead atoms. The number of halogens is 1. The lowest BCUT2D eigenvalue weighted by molar-refractivity contribution is -0.140. The van der Waals surface area contributed by atoms with Gasteiger partial charge in [0.15, 0.2) is 0 Å². The van der Waals surface area contributed by atoms with Crippen LogP contribution in [0.25, 0.3) is 0 Å². The highest BCUT2D eigenvalue weighted by Crippen LogP contribution is 2.30. The summed E-state index contributed by atoms with van der Waals surface area (Å²) in [7, 11) is -4.20. The van der Waals surface area contributed by atoms with Crippen LogP contribution in [0.5, 0.6) is 0 Å². The Labute approximate surface area is 271 Å². The monoisotopic (exact) mass is 645 g/mol. The molecule has 2 amide bonds. The summed E-state index contributed by atoms with van der Waals surface area (Å²) in [4.78, 5) is 30.0. The van der Waals surface area contributed by atoms with Crippen LogP contribution in [0.2, 0.25) is 5.02 Å². The molecule has 0 saturated heterocycles. The molecule has 236 valence electrons. The van der Waals surface area contributed by atoms with E-state index >= 15 is 0 Å². The van der Waals surface area contributed by atoms with Gasteiger partial charge >= 0.3 is 0 Å². The van der Waals surface area contributed by atoms with Crippen LogP contribution < -0.4 is 9.62 Å². The number of nitrogens with one attached hydrogen (secondary N) is 1. The fourth-order valence-corrected chi connectivity index (χ4v) is 6.74. The molecule has 0 spiro atoms. The summed E-state index contributed by atoms with van der Waals surface area (Å²) in [6.07, 6.45) is 0.242. The topological polar surface area (TPSA) is 86.8 Å². The maximum atomic E-state index is 14.6. The van der Waals surface area contributed by atoms with E-state index in [9.17, 15) is 18.0 Å². The van der Waals surface area contributed by atoms with Gasteiger partial charge in [0.1, 0.15) is 12.6 Å². The van der Waals surface area contributed by atoms with Gasteiger partial charge in [0.25, 0.3) is 10.0 Å².